The minimum atomic E-state index is 0.172. The molecule has 0 heterocycles. The molecule has 0 atom stereocenters. The molecule has 0 aliphatic carbocycles. The van der Waals surface area contributed by atoms with Gasteiger partial charge in [0, 0.05) is 21.5 Å². The van der Waals surface area contributed by atoms with Gasteiger partial charge in [-0.15, -0.1) is 0 Å². The van der Waals surface area contributed by atoms with Crippen molar-refractivity contribution < 1.29 is 0 Å². The molecule has 5 aromatic carbocycles. The molecular formula is C46H62O2. The Bertz CT molecular complexity index is 1730. The molecule has 0 saturated carbocycles. The van der Waals surface area contributed by atoms with Gasteiger partial charge in [-0.25, -0.2) is 0 Å². The van der Waals surface area contributed by atoms with Crippen molar-refractivity contribution >= 4 is 43.1 Å². The summed E-state index contributed by atoms with van der Waals surface area (Å²) in [6, 6.07) is 12.8. The summed E-state index contributed by atoms with van der Waals surface area (Å²) < 4.78 is 0. The average molecular weight is 647 g/mol. The molecule has 2 heteroatoms. The van der Waals surface area contributed by atoms with Crippen LogP contribution in [0.25, 0.3) is 43.1 Å². The van der Waals surface area contributed by atoms with E-state index in [4.69, 9.17) is 0 Å². The Kier molecular flexibility index (Phi) is 13.7. The van der Waals surface area contributed by atoms with E-state index in [0.717, 1.165) is 91.0 Å². The van der Waals surface area contributed by atoms with E-state index in [1.807, 2.05) is 0 Å². The van der Waals surface area contributed by atoms with Crippen LogP contribution in [0.1, 0.15) is 165 Å². The lowest BCUT2D eigenvalue weighted by Gasteiger charge is -2.13. The highest BCUT2D eigenvalue weighted by Crippen LogP contribution is 2.41. The topological polar surface area (TPSA) is 34.1 Å². The van der Waals surface area contributed by atoms with E-state index >= 15 is 0 Å². The van der Waals surface area contributed by atoms with Gasteiger partial charge in [-0.05, 0) is 84.3 Å². The van der Waals surface area contributed by atoms with Gasteiger partial charge < -0.3 is 0 Å². The van der Waals surface area contributed by atoms with Crippen LogP contribution in [0.5, 0.6) is 0 Å². The number of aryl methyl sites for hydroxylation is 4. The third-order valence-electron chi connectivity index (χ3n) is 11.1. The molecule has 0 bridgehead atoms. The van der Waals surface area contributed by atoms with Crippen LogP contribution >= 0.6 is 0 Å². The van der Waals surface area contributed by atoms with Crippen LogP contribution in [0, 0.1) is 13.8 Å². The molecule has 0 fully saturated rings. The first kappa shape index (κ1) is 36.3. The second-order valence-corrected chi connectivity index (χ2v) is 15.1. The van der Waals surface area contributed by atoms with Crippen molar-refractivity contribution in [3.05, 3.63) is 79.1 Å². The maximum atomic E-state index is 14.4. The zero-order valence-electron chi connectivity index (χ0n) is 30.8. The molecule has 0 aromatic heterocycles. The quantitative estimate of drug-likeness (QED) is 0.0701. The Labute approximate surface area is 290 Å². The molecule has 0 saturated heterocycles. The number of benzene rings is 3. The molecule has 0 radical (unpaired) electrons. The van der Waals surface area contributed by atoms with Crippen LogP contribution in [-0.4, -0.2) is 0 Å². The summed E-state index contributed by atoms with van der Waals surface area (Å²) in [6.45, 7) is 8.71. The van der Waals surface area contributed by atoms with E-state index in [9.17, 15) is 9.59 Å². The van der Waals surface area contributed by atoms with Crippen LogP contribution in [0.2, 0.25) is 0 Å². The monoisotopic (exact) mass is 646 g/mol. The summed E-state index contributed by atoms with van der Waals surface area (Å²) in [7, 11) is 0. The van der Waals surface area contributed by atoms with Crippen molar-refractivity contribution in [2.75, 3.05) is 0 Å². The van der Waals surface area contributed by atoms with Crippen molar-refractivity contribution in [3.8, 4) is 0 Å². The van der Waals surface area contributed by atoms with Crippen molar-refractivity contribution in [2.24, 2.45) is 0 Å². The van der Waals surface area contributed by atoms with Gasteiger partial charge in [-0.1, -0.05) is 165 Å². The maximum Gasteiger partial charge on any atom is 0.194 e. The van der Waals surface area contributed by atoms with E-state index < -0.39 is 0 Å². The van der Waals surface area contributed by atoms with Gasteiger partial charge in [-0.3, -0.25) is 9.59 Å². The fourth-order valence-corrected chi connectivity index (χ4v) is 8.42. The SMILES string of the molecule is CCCCCCCCCCCCc1c2c(=O)c3cc(C)ccc3c2c(CCCCCCCCCCCC)c2c(=O)c3cc(C)ccc3c12. The second-order valence-electron chi connectivity index (χ2n) is 15.1. The van der Waals surface area contributed by atoms with Gasteiger partial charge in [0.1, 0.15) is 0 Å². The predicted octanol–water partition coefficient (Wildman–Crippen LogP) is 13.4. The lowest BCUT2D eigenvalue weighted by atomic mass is 9.89. The Balaban J connectivity index is 1.46. The molecule has 0 unspecified atom stereocenters. The van der Waals surface area contributed by atoms with Crippen molar-refractivity contribution in [1.82, 2.24) is 0 Å². The summed E-state index contributed by atoms with van der Waals surface area (Å²) in [4.78, 5) is 28.8. The van der Waals surface area contributed by atoms with Gasteiger partial charge >= 0.3 is 0 Å². The fourth-order valence-electron chi connectivity index (χ4n) is 8.42. The summed E-state index contributed by atoms with van der Waals surface area (Å²) in [5, 5.41) is 7.76. The number of fused-ring (bicyclic) bond motifs is 6. The smallest absolute Gasteiger partial charge is 0.194 e. The average Bonchev–Trinajstić information content (AvgIpc) is 3.53. The van der Waals surface area contributed by atoms with Crippen LogP contribution in [0.15, 0.2) is 46.0 Å². The molecule has 5 aromatic rings. The molecule has 0 spiro atoms. The minimum Gasteiger partial charge on any atom is -0.289 e. The highest BCUT2D eigenvalue weighted by atomic mass is 16.1. The Morgan fingerprint density at radius 2 is 0.688 bits per heavy atom. The van der Waals surface area contributed by atoms with Crippen LogP contribution in [0.3, 0.4) is 0 Å². The molecule has 0 N–H and O–H groups in total. The van der Waals surface area contributed by atoms with E-state index in [1.165, 1.54) is 116 Å². The number of rotatable bonds is 22. The molecule has 5 rings (SSSR count). The summed E-state index contributed by atoms with van der Waals surface area (Å²) in [6.07, 6.45) is 27.4. The first-order chi connectivity index (χ1) is 23.5. The highest BCUT2D eigenvalue weighted by molar-refractivity contribution is 6.25. The molecular weight excluding hydrogens is 585 g/mol. The standard InChI is InChI=1S/C46H62O2/c1-5-7-9-11-13-15-17-19-21-23-25-37-41-35-29-27-33(3)31-39(35)46(48)44(41)38(26-24-22-20-18-16-14-12-10-8-6-2)42-36-30-28-34(4)32-40(36)45(47)43(37)42/h27-32H,5-26H2,1-4H3. The van der Waals surface area contributed by atoms with Crippen molar-refractivity contribution in [3.63, 3.8) is 0 Å². The van der Waals surface area contributed by atoms with E-state index in [2.05, 4.69) is 64.1 Å². The van der Waals surface area contributed by atoms with E-state index in [-0.39, 0.29) is 10.9 Å². The zero-order chi connectivity index (χ0) is 33.9. The lowest BCUT2D eigenvalue weighted by molar-refractivity contribution is 0.556. The number of hydrogen-bond donors (Lipinski definition) is 0. The molecule has 0 aliphatic heterocycles. The summed E-state index contributed by atoms with van der Waals surface area (Å²) in [5.41, 5.74) is 4.86. The summed E-state index contributed by atoms with van der Waals surface area (Å²) in [5.74, 6) is 0. The minimum absolute atomic E-state index is 0.172. The normalized spacial score (nSPS) is 12.1. The number of hydrogen-bond acceptors (Lipinski definition) is 2. The molecule has 258 valence electrons. The van der Waals surface area contributed by atoms with Crippen LogP contribution < -0.4 is 10.9 Å². The first-order valence-electron chi connectivity index (χ1n) is 20.0. The fraction of sp³-hybridized carbons (Fsp3) is 0.565. The van der Waals surface area contributed by atoms with Gasteiger partial charge in [0.25, 0.3) is 0 Å². The largest absolute Gasteiger partial charge is 0.289 e. The highest BCUT2D eigenvalue weighted by Gasteiger charge is 2.25. The predicted molar refractivity (Wildman–Crippen MR) is 212 cm³/mol. The third-order valence-corrected chi connectivity index (χ3v) is 11.1. The Morgan fingerprint density at radius 3 is 1.02 bits per heavy atom. The molecule has 0 aliphatic rings. The van der Waals surface area contributed by atoms with Crippen LogP contribution in [0.4, 0.5) is 0 Å². The van der Waals surface area contributed by atoms with Gasteiger partial charge in [0.15, 0.2) is 10.9 Å². The Morgan fingerprint density at radius 1 is 0.375 bits per heavy atom. The third kappa shape index (κ3) is 8.40. The van der Waals surface area contributed by atoms with E-state index in [0.29, 0.717) is 0 Å². The lowest BCUT2D eigenvalue weighted by Crippen LogP contribution is -2.05. The molecule has 48 heavy (non-hydrogen) atoms. The van der Waals surface area contributed by atoms with Crippen molar-refractivity contribution in [2.45, 2.75) is 169 Å². The first-order valence-corrected chi connectivity index (χ1v) is 20.0. The number of unbranched alkanes of at least 4 members (excludes halogenated alkanes) is 18. The zero-order valence-corrected chi connectivity index (χ0v) is 30.8. The van der Waals surface area contributed by atoms with E-state index in [1.54, 1.807) is 0 Å². The maximum absolute atomic E-state index is 14.4. The Hall–Kier alpha value is -3.00. The summed E-state index contributed by atoms with van der Waals surface area (Å²) >= 11 is 0. The van der Waals surface area contributed by atoms with Gasteiger partial charge in [-0.2, -0.15) is 0 Å². The van der Waals surface area contributed by atoms with Crippen LogP contribution in [-0.2, 0) is 12.8 Å². The molecule has 2 nitrogen and oxygen atoms in total. The molecule has 0 amide bonds. The van der Waals surface area contributed by atoms with Crippen molar-refractivity contribution in [1.29, 1.82) is 0 Å². The van der Waals surface area contributed by atoms with Gasteiger partial charge in [0.05, 0.1) is 0 Å². The second kappa shape index (κ2) is 18.1. The van der Waals surface area contributed by atoms with Gasteiger partial charge in [0.2, 0.25) is 0 Å².